The van der Waals surface area contributed by atoms with Gasteiger partial charge in [0, 0.05) is 13.1 Å². The smallest absolute Gasteiger partial charge is 0.228 e. The molecule has 0 N–H and O–H groups in total. The van der Waals surface area contributed by atoms with E-state index in [4.69, 9.17) is 5.26 Å². The SMILES string of the molecule is CC(CC#N)N(C)C(=O)C12CC3CC(CC(C)(C3)C1)C2. The molecular weight excluding hydrogens is 248 g/mol. The molecular formula is C17H26N2O. The van der Waals surface area contributed by atoms with Gasteiger partial charge in [-0.1, -0.05) is 6.92 Å². The second-order valence-electron chi connectivity index (χ2n) is 8.18. The second kappa shape index (κ2) is 4.48. The monoisotopic (exact) mass is 274 g/mol. The molecule has 4 saturated carbocycles. The number of nitriles is 1. The Morgan fingerprint density at radius 3 is 2.45 bits per heavy atom. The number of rotatable bonds is 3. The van der Waals surface area contributed by atoms with Gasteiger partial charge in [-0.25, -0.2) is 0 Å². The minimum atomic E-state index is -0.0999. The molecule has 3 atom stereocenters. The molecule has 4 aliphatic rings. The van der Waals surface area contributed by atoms with Gasteiger partial charge >= 0.3 is 0 Å². The van der Waals surface area contributed by atoms with Crippen molar-refractivity contribution in [2.24, 2.45) is 22.7 Å². The van der Waals surface area contributed by atoms with Gasteiger partial charge in [-0.15, -0.1) is 0 Å². The van der Waals surface area contributed by atoms with Gasteiger partial charge in [0.15, 0.2) is 0 Å². The summed E-state index contributed by atoms with van der Waals surface area (Å²) in [6.07, 6.45) is 7.72. The van der Waals surface area contributed by atoms with Crippen LogP contribution >= 0.6 is 0 Å². The zero-order chi connectivity index (χ0) is 14.5. The lowest BCUT2D eigenvalue weighted by Crippen LogP contribution is -2.57. The lowest BCUT2D eigenvalue weighted by atomic mass is 9.44. The molecule has 0 aromatic carbocycles. The highest BCUT2D eigenvalue weighted by Crippen LogP contribution is 2.65. The fourth-order valence-electron chi connectivity index (χ4n) is 5.81. The first-order valence-electron chi connectivity index (χ1n) is 8.02. The molecule has 0 aromatic rings. The Morgan fingerprint density at radius 2 is 1.95 bits per heavy atom. The summed E-state index contributed by atoms with van der Waals surface area (Å²) in [5.74, 6) is 1.86. The Balaban J connectivity index is 1.82. The zero-order valence-corrected chi connectivity index (χ0v) is 13.0. The predicted molar refractivity (Wildman–Crippen MR) is 77.7 cm³/mol. The Kier molecular flexibility index (Phi) is 3.12. The molecule has 0 aliphatic heterocycles. The first-order valence-corrected chi connectivity index (χ1v) is 8.02. The Labute approximate surface area is 122 Å². The number of nitrogens with zero attached hydrogens (tertiary/aromatic N) is 2. The predicted octanol–water partition coefficient (Wildman–Crippen LogP) is 3.35. The largest absolute Gasteiger partial charge is 0.342 e. The highest BCUT2D eigenvalue weighted by Gasteiger charge is 2.59. The Hall–Kier alpha value is -1.04. The molecule has 4 aliphatic carbocycles. The molecule has 0 spiro atoms. The Bertz CT molecular complexity index is 450. The fourth-order valence-corrected chi connectivity index (χ4v) is 5.81. The van der Waals surface area contributed by atoms with E-state index in [-0.39, 0.29) is 11.5 Å². The van der Waals surface area contributed by atoms with Gasteiger partial charge in [-0.2, -0.15) is 5.26 Å². The van der Waals surface area contributed by atoms with E-state index < -0.39 is 0 Å². The maximum Gasteiger partial charge on any atom is 0.228 e. The molecule has 3 heteroatoms. The topological polar surface area (TPSA) is 44.1 Å². The van der Waals surface area contributed by atoms with Crippen LogP contribution in [0.2, 0.25) is 0 Å². The summed E-state index contributed by atoms with van der Waals surface area (Å²) in [5.41, 5.74) is 0.302. The molecule has 0 aromatic heterocycles. The van der Waals surface area contributed by atoms with Crippen molar-refractivity contribution in [3.63, 3.8) is 0 Å². The van der Waals surface area contributed by atoms with Gasteiger partial charge < -0.3 is 4.90 Å². The van der Waals surface area contributed by atoms with Crippen molar-refractivity contribution in [3.05, 3.63) is 0 Å². The van der Waals surface area contributed by atoms with Crippen molar-refractivity contribution in [2.45, 2.75) is 64.8 Å². The van der Waals surface area contributed by atoms with Crippen LogP contribution < -0.4 is 0 Å². The number of hydrogen-bond donors (Lipinski definition) is 0. The average Bonchev–Trinajstić information content (AvgIpc) is 2.34. The van der Waals surface area contributed by atoms with Gasteiger partial charge in [0.1, 0.15) is 0 Å². The van der Waals surface area contributed by atoms with E-state index in [1.165, 1.54) is 19.3 Å². The summed E-state index contributed by atoms with van der Waals surface area (Å²) in [6, 6.07) is 2.23. The van der Waals surface area contributed by atoms with Crippen LogP contribution in [-0.4, -0.2) is 23.9 Å². The summed E-state index contributed by atoms with van der Waals surface area (Å²) in [6.45, 7) is 4.38. The maximum atomic E-state index is 13.1. The third-order valence-corrected chi connectivity index (χ3v) is 6.18. The summed E-state index contributed by atoms with van der Waals surface area (Å²) in [5, 5.41) is 8.85. The van der Waals surface area contributed by atoms with Gasteiger partial charge in [0.2, 0.25) is 5.91 Å². The van der Waals surface area contributed by atoms with Crippen LogP contribution in [0.15, 0.2) is 0 Å². The molecule has 3 nitrogen and oxygen atoms in total. The van der Waals surface area contributed by atoms with Crippen molar-refractivity contribution >= 4 is 5.91 Å². The van der Waals surface area contributed by atoms with E-state index in [1.807, 2.05) is 18.9 Å². The molecule has 4 rings (SSSR count). The lowest BCUT2D eigenvalue weighted by Gasteiger charge is -2.61. The molecule has 3 unspecified atom stereocenters. The van der Waals surface area contributed by atoms with Crippen LogP contribution in [0.25, 0.3) is 0 Å². The Morgan fingerprint density at radius 1 is 1.35 bits per heavy atom. The van der Waals surface area contributed by atoms with Crippen molar-refractivity contribution in [3.8, 4) is 6.07 Å². The third-order valence-electron chi connectivity index (χ3n) is 6.18. The van der Waals surface area contributed by atoms with Crippen LogP contribution in [0.5, 0.6) is 0 Å². The zero-order valence-electron chi connectivity index (χ0n) is 13.0. The highest BCUT2D eigenvalue weighted by molar-refractivity contribution is 5.83. The average molecular weight is 274 g/mol. The molecule has 20 heavy (non-hydrogen) atoms. The number of carbonyl (C=O) groups is 1. The van der Waals surface area contributed by atoms with Gasteiger partial charge in [0.25, 0.3) is 0 Å². The summed E-state index contributed by atoms with van der Waals surface area (Å²) < 4.78 is 0. The normalized spacial score (nSPS) is 43.1. The number of amides is 1. The number of carbonyl (C=O) groups excluding carboxylic acids is 1. The van der Waals surface area contributed by atoms with Crippen LogP contribution in [0.1, 0.15) is 58.8 Å². The maximum absolute atomic E-state index is 13.1. The quantitative estimate of drug-likeness (QED) is 0.792. The molecule has 0 radical (unpaired) electrons. The van der Waals surface area contributed by atoms with E-state index in [0.717, 1.165) is 31.1 Å². The van der Waals surface area contributed by atoms with E-state index in [0.29, 0.717) is 17.7 Å². The van der Waals surface area contributed by atoms with Crippen LogP contribution in [0, 0.1) is 34.0 Å². The molecule has 4 bridgehead atoms. The standard InChI is InChI=1S/C17H26N2O/c1-12(4-5-18)19(3)15(20)17-9-13-6-14(10-17)8-16(2,7-13)11-17/h12-14H,4,6-11H2,1-3H3. The summed E-state index contributed by atoms with van der Waals surface area (Å²) >= 11 is 0. The second-order valence-corrected chi connectivity index (χ2v) is 8.18. The van der Waals surface area contributed by atoms with E-state index in [9.17, 15) is 4.79 Å². The summed E-state index contributed by atoms with van der Waals surface area (Å²) in [4.78, 5) is 14.9. The van der Waals surface area contributed by atoms with Crippen molar-refractivity contribution < 1.29 is 4.79 Å². The third kappa shape index (κ3) is 2.05. The molecule has 1 amide bonds. The van der Waals surface area contributed by atoms with Crippen LogP contribution in [-0.2, 0) is 4.79 Å². The minimum Gasteiger partial charge on any atom is -0.342 e. The lowest BCUT2D eigenvalue weighted by molar-refractivity contribution is -0.166. The first-order chi connectivity index (χ1) is 9.37. The summed E-state index contributed by atoms with van der Waals surface area (Å²) in [7, 11) is 1.89. The van der Waals surface area contributed by atoms with Crippen molar-refractivity contribution in [2.75, 3.05) is 7.05 Å². The molecule has 4 fully saturated rings. The fraction of sp³-hybridized carbons (Fsp3) is 0.882. The minimum absolute atomic E-state index is 0.0355. The molecule has 110 valence electrons. The molecule has 0 saturated heterocycles. The van der Waals surface area contributed by atoms with Crippen LogP contribution in [0.4, 0.5) is 0 Å². The van der Waals surface area contributed by atoms with Gasteiger partial charge in [-0.3, -0.25) is 4.79 Å². The van der Waals surface area contributed by atoms with E-state index in [2.05, 4.69) is 13.0 Å². The van der Waals surface area contributed by atoms with Crippen molar-refractivity contribution in [1.82, 2.24) is 4.90 Å². The van der Waals surface area contributed by atoms with E-state index >= 15 is 0 Å². The van der Waals surface area contributed by atoms with E-state index in [1.54, 1.807) is 0 Å². The van der Waals surface area contributed by atoms with Gasteiger partial charge in [-0.05, 0) is 62.7 Å². The van der Waals surface area contributed by atoms with Crippen molar-refractivity contribution in [1.29, 1.82) is 5.26 Å². The van der Waals surface area contributed by atoms with Crippen LogP contribution in [0.3, 0.4) is 0 Å². The van der Waals surface area contributed by atoms with Gasteiger partial charge in [0.05, 0.1) is 17.9 Å². The number of hydrogen-bond acceptors (Lipinski definition) is 2. The highest BCUT2D eigenvalue weighted by atomic mass is 16.2. The first kappa shape index (κ1) is 13.9. The molecule has 0 heterocycles.